The van der Waals surface area contributed by atoms with E-state index in [1.807, 2.05) is 24.0 Å². The molecule has 4 nitrogen and oxygen atoms in total. The van der Waals surface area contributed by atoms with Crippen molar-refractivity contribution in [1.29, 1.82) is 0 Å². The predicted molar refractivity (Wildman–Crippen MR) is 76.1 cm³/mol. The second-order valence-electron chi connectivity index (χ2n) is 5.00. The third-order valence-corrected chi connectivity index (χ3v) is 4.82. The molecule has 0 spiro atoms. The Balaban J connectivity index is 2.11. The molecule has 0 bridgehead atoms. The van der Waals surface area contributed by atoms with Crippen LogP contribution in [-0.2, 0) is 10.0 Å². The molecule has 1 atom stereocenters. The van der Waals surface area contributed by atoms with Gasteiger partial charge in [0.25, 0.3) is 10.0 Å². The van der Waals surface area contributed by atoms with Crippen LogP contribution in [0.15, 0.2) is 39.6 Å². The van der Waals surface area contributed by atoms with Gasteiger partial charge in [0, 0.05) is 0 Å². The smallest absolute Gasteiger partial charge is 0.285 e. The topological polar surface area (TPSA) is 49.7 Å². The van der Waals surface area contributed by atoms with Gasteiger partial charge in [-0.2, -0.15) is 8.42 Å². The fraction of sp³-hybridized carbons (Fsp3) is 0.357. The van der Waals surface area contributed by atoms with Gasteiger partial charge in [-0.3, -0.25) is 0 Å². The number of hydrogen-bond acceptors (Lipinski definition) is 3. The van der Waals surface area contributed by atoms with E-state index in [-0.39, 0.29) is 6.04 Å². The van der Waals surface area contributed by atoms with Crippen molar-refractivity contribution in [3.63, 3.8) is 0 Å². The molecule has 0 radical (unpaired) electrons. The summed E-state index contributed by atoms with van der Waals surface area (Å²) in [6.07, 6.45) is 8.99. The van der Waals surface area contributed by atoms with E-state index in [4.69, 9.17) is 0 Å². The first-order chi connectivity index (χ1) is 9.08. The second-order valence-corrected chi connectivity index (χ2v) is 6.60. The van der Waals surface area contributed by atoms with Crippen LogP contribution in [0.1, 0.15) is 24.8 Å². The Kier molecular flexibility index (Phi) is 2.93. The van der Waals surface area contributed by atoms with Gasteiger partial charge in [0.2, 0.25) is 0 Å². The van der Waals surface area contributed by atoms with Gasteiger partial charge in [0.05, 0.1) is 11.7 Å². The second kappa shape index (κ2) is 4.49. The van der Waals surface area contributed by atoms with Crippen LogP contribution in [0.5, 0.6) is 0 Å². The Labute approximate surface area is 113 Å². The molecule has 0 fully saturated rings. The van der Waals surface area contributed by atoms with Gasteiger partial charge in [-0.1, -0.05) is 18.2 Å². The Morgan fingerprint density at radius 2 is 2.21 bits per heavy atom. The summed E-state index contributed by atoms with van der Waals surface area (Å²) < 4.78 is 27.8. The number of fused-ring (bicyclic) bond motifs is 1. The number of benzene rings is 1. The molecule has 1 aliphatic carbocycles. The lowest BCUT2D eigenvalue weighted by atomic mass is 10.0. The molecule has 100 valence electrons. The maximum atomic E-state index is 12.0. The van der Waals surface area contributed by atoms with Crippen LogP contribution in [0.25, 0.3) is 0 Å². The molecule has 1 aliphatic heterocycles. The highest BCUT2D eigenvalue weighted by molar-refractivity contribution is 7.90. The fourth-order valence-corrected chi connectivity index (χ4v) is 3.68. The third kappa shape index (κ3) is 2.18. The molecule has 1 heterocycles. The number of aryl methyl sites for hydroxylation is 1. The standard InChI is InChI=1S/C14H16N2O2S/c1-11-7-8-13-14(9-11)19(17,18)15-10-16(13)12-5-3-2-4-6-12/h3,5,7-10,12H,2,4,6H2,1H3. The van der Waals surface area contributed by atoms with Crippen molar-refractivity contribution >= 4 is 22.0 Å². The third-order valence-electron chi connectivity index (χ3n) is 3.57. The summed E-state index contributed by atoms with van der Waals surface area (Å²) in [5.74, 6) is 0. The number of anilines is 1. The van der Waals surface area contributed by atoms with Crippen LogP contribution in [0.3, 0.4) is 0 Å². The molecular formula is C14H16N2O2S. The van der Waals surface area contributed by atoms with E-state index in [1.165, 1.54) is 6.34 Å². The van der Waals surface area contributed by atoms with Gasteiger partial charge in [0.15, 0.2) is 0 Å². The molecule has 1 aromatic rings. The Morgan fingerprint density at radius 1 is 1.37 bits per heavy atom. The fourth-order valence-electron chi connectivity index (χ4n) is 2.56. The zero-order chi connectivity index (χ0) is 13.5. The molecule has 5 heteroatoms. The van der Waals surface area contributed by atoms with Gasteiger partial charge in [-0.05, 0) is 43.9 Å². The van der Waals surface area contributed by atoms with E-state index in [0.717, 1.165) is 30.5 Å². The summed E-state index contributed by atoms with van der Waals surface area (Å²) >= 11 is 0. The van der Waals surface area contributed by atoms with Gasteiger partial charge in [-0.25, -0.2) is 0 Å². The minimum Gasteiger partial charge on any atom is -0.324 e. The highest BCUT2D eigenvalue weighted by atomic mass is 32.2. The van der Waals surface area contributed by atoms with Gasteiger partial charge in [-0.15, -0.1) is 4.40 Å². The zero-order valence-corrected chi connectivity index (χ0v) is 11.6. The SMILES string of the molecule is Cc1ccc2c(c1)S(=O)(=O)N=CN2C1C=CCCC1. The molecule has 3 rings (SSSR count). The summed E-state index contributed by atoms with van der Waals surface area (Å²) in [6.45, 7) is 1.89. The van der Waals surface area contributed by atoms with Crippen molar-refractivity contribution < 1.29 is 8.42 Å². The Hall–Kier alpha value is -1.62. The highest BCUT2D eigenvalue weighted by Crippen LogP contribution is 2.33. The predicted octanol–water partition coefficient (Wildman–Crippen LogP) is 2.64. The quantitative estimate of drug-likeness (QED) is 0.741. The molecule has 2 aliphatic rings. The van der Waals surface area contributed by atoms with E-state index in [0.29, 0.717) is 4.90 Å². The molecule has 0 aromatic heterocycles. The minimum atomic E-state index is -3.53. The molecule has 0 saturated carbocycles. The lowest BCUT2D eigenvalue weighted by Crippen LogP contribution is -2.36. The zero-order valence-electron chi connectivity index (χ0n) is 10.8. The van der Waals surface area contributed by atoms with E-state index < -0.39 is 10.0 Å². The normalized spacial score (nSPS) is 24.3. The lowest BCUT2D eigenvalue weighted by molar-refractivity contribution is 0.593. The van der Waals surface area contributed by atoms with Crippen molar-refractivity contribution in [2.24, 2.45) is 4.40 Å². The molecule has 1 aromatic carbocycles. The number of nitrogens with zero attached hydrogens (tertiary/aromatic N) is 2. The average molecular weight is 276 g/mol. The molecule has 1 unspecified atom stereocenters. The summed E-state index contributed by atoms with van der Waals surface area (Å²) in [4.78, 5) is 2.28. The van der Waals surface area contributed by atoms with Crippen molar-refractivity contribution in [2.75, 3.05) is 4.90 Å². The molecule has 19 heavy (non-hydrogen) atoms. The van der Waals surface area contributed by atoms with E-state index in [1.54, 1.807) is 6.07 Å². The Bertz CT molecular complexity index is 662. The first kappa shape index (κ1) is 12.4. The van der Waals surface area contributed by atoms with Gasteiger partial charge < -0.3 is 4.90 Å². The number of allylic oxidation sites excluding steroid dienone is 1. The molecule has 0 amide bonds. The summed E-state index contributed by atoms with van der Waals surface area (Å²) in [7, 11) is -3.53. The van der Waals surface area contributed by atoms with Crippen LogP contribution in [-0.4, -0.2) is 20.8 Å². The van der Waals surface area contributed by atoms with Crippen molar-refractivity contribution in [2.45, 2.75) is 37.1 Å². The monoisotopic (exact) mass is 276 g/mol. The maximum absolute atomic E-state index is 12.0. The van der Waals surface area contributed by atoms with Crippen LogP contribution < -0.4 is 4.90 Å². The van der Waals surface area contributed by atoms with Crippen LogP contribution in [0.2, 0.25) is 0 Å². The Morgan fingerprint density at radius 3 is 2.95 bits per heavy atom. The van der Waals surface area contributed by atoms with Crippen LogP contribution >= 0.6 is 0 Å². The molecule has 0 N–H and O–H groups in total. The van der Waals surface area contributed by atoms with Crippen molar-refractivity contribution in [3.05, 3.63) is 35.9 Å². The van der Waals surface area contributed by atoms with Crippen LogP contribution in [0, 0.1) is 6.92 Å². The summed E-state index contributed by atoms with van der Waals surface area (Å²) in [6, 6.07) is 5.71. The van der Waals surface area contributed by atoms with E-state index >= 15 is 0 Å². The van der Waals surface area contributed by atoms with Gasteiger partial charge in [0.1, 0.15) is 11.2 Å². The summed E-state index contributed by atoms with van der Waals surface area (Å²) in [5.41, 5.74) is 1.66. The van der Waals surface area contributed by atoms with E-state index in [9.17, 15) is 8.42 Å². The molecular weight excluding hydrogens is 260 g/mol. The minimum absolute atomic E-state index is 0.203. The first-order valence-corrected chi connectivity index (χ1v) is 7.88. The largest absolute Gasteiger partial charge is 0.324 e. The number of sulfonamides is 1. The lowest BCUT2D eigenvalue weighted by Gasteiger charge is -2.32. The number of hydrogen-bond donors (Lipinski definition) is 0. The maximum Gasteiger partial charge on any atom is 0.285 e. The van der Waals surface area contributed by atoms with Crippen molar-refractivity contribution in [1.82, 2.24) is 0 Å². The highest BCUT2D eigenvalue weighted by Gasteiger charge is 2.28. The van der Waals surface area contributed by atoms with Crippen LogP contribution in [0.4, 0.5) is 5.69 Å². The van der Waals surface area contributed by atoms with Crippen molar-refractivity contribution in [3.8, 4) is 0 Å². The average Bonchev–Trinajstić information content (AvgIpc) is 2.41. The van der Waals surface area contributed by atoms with Gasteiger partial charge >= 0.3 is 0 Å². The molecule has 0 saturated heterocycles. The number of rotatable bonds is 1. The van der Waals surface area contributed by atoms with E-state index in [2.05, 4.69) is 16.5 Å². The first-order valence-electron chi connectivity index (χ1n) is 6.44. The summed E-state index contributed by atoms with van der Waals surface area (Å²) in [5, 5.41) is 0.